The quantitative estimate of drug-likeness (QED) is 0.326. The number of pyridine rings is 2. The zero-order chi connectivity index (χ0) is 26.7. The first-order valence-electron chi connectivity index (χ1n) is 12.1. The van der Waals surface area contributed by atoms with Gasteiger partial charge in [0, 0.05) is 29.5 Å². The summed E-state index contributed by atoms with van der Waals surface area (Å²) >= 11 is 0. The highest BCUT2D eigenvalue weighted by Crippen LogP contribution is 2.48. The maximum atomic E-state index is 14.7. The number of halogens is 4. The highest BCUT2D eigenvalue weighted by Gasteiger charge is 2.54. The summed E-state index contributed by atoms with van der Waals surface area (Å²) in [4.78, 5) is 21.8. The summed E-state index contributed by atoms with van der Waals surface area (Å²) in [5.74, 6) is 1.10. The molecule has 0 amide bonds. The summed E-state index contributed by atoms with van der Waals surface area (Å²) in [6.45, 7) is 2.62. The Balaban J connectivity index is 1.22. The first-order chi connectivity index (χ1) is 18.1. The van der Waals surface area contributed by atoms with Crippen molar-refractivity contribution in [1.29, 1.82) is 5.26 Å². The van der Waals surface area contributed by atoms with Gasteiger partial charge in [-0.2, -0.15) is 18.4 Å². The first kappa shape index (κ1) is 24.1. The molecule has 1 atom stereocenters. The van der Waals surface area contributed by atoms with E-state index < -0.39 is 17.4 Å². The van der Waals surface area contributed by atoms with E-state index in [0.29, 0.717) is 18.7 Å². The highest BCUT2D eigenvalue weighted by atomic mass is 19.4. The van der Waals surface area contributed by atoms with Gasteiger partial charge < -0.3 is 15.2 Å². The number of H-pyrrole nitrogens is 1. The van der Waals surface area contributed by atoms with Crippen LogP contribution >= 0.6 is 0 Å². The number of hydrogen-bond acceptors (Lipinski definition) is 7. The predicted octanol–water partition coefficient (Wildman–Crippen LogP) is 5.42. The minimum absolute atomic E-state index is 0.109. The molecule has 4 aromatic rings. The van der Waals surface area contributed by atoms with Crippen LogP contribution in [0.15, 0.2) is 43.0 Å². The fourth-order valence-electron chi connectivity index (χ4n) is 4.82. The molecule has 1 unspecified atom stereocenters. The lowest BCUT2D eigenvalue weighted by Crippen LogP contribution is -2.60. The van der Waals surface area contributed by atoms with Crippen LogP contribution in [0.2, 0.25) is 0 Å². The van der Waals surface area contributed by atoms with Gasteiger partial charge in [0.25, 0.3) is 0 Å². The molecule has 4 aromatic heterocycles. The molecule has 2 fully saturated rings. The van der Waals surface area contributed by atoms with E-state index in [1.54, 1.807) is 6.20 Å². The normalized spacial score (nSPS) is 17.6. The Morgan fingerprint density at radius 3 is 2.61 bits per heavy atom. The molecule has 0 bridgehead atoms. The zero-order valence-corrected chi connectivity index (χ0v) is 20.2. The van der Waals surface area contributed by atoms with E-state index in [4.69, 9.17) is 0 Å². The smallest absolute Gasteiger partial charge is 0.350 e. The van der Waals surface area contributed by atoms with Gasteiger partial charge in [-0.05, 0) is 43.4 Å². The lowest BCUT2D eigenvalue weighted by Gasteiger charge is -2.45. The molecule has 6 rings (SSSR count). The molecule has 12 heteroatoms. The van der Waals surface area contributed by atoms with Crippen molar-refractivity contribution in [3.8, 4) is 17.3 Å². The molecule has 5 heterocycles. The van der Waals surface area contributed by atoms with E-state index >= 15 is 0 Å². The average Bonchev–Trinajstić information content (AvgIpc) is 3.66. The molecule has 1 aliphatic carbocycles. The number of nitrogens with zero attached hydrogens (tertiary/aromatic N) is 6. The molecule has 1 aliphatic heterocycles. The fourth-order valence-corrected chi connectivity index (χ4v) is 4.82. The van der Waals surface area contributed by atoms with Gasteiger partial charge >= 0.3 is 6.18 Å². The van der Waals surface area contributed by atoms with E-state index in [9.17, 15) is 22.8 Å². The highest BCUT2D eigenvalue weighted by molar-refractivity contribution is 5.94. The van der Waals surface area contributed by atoms with Crippen molar-refractivity contribution in [2.75, 3.05) is 23.3 Å². The topological polar surface area (TPSA) is 106 Å². The van der Waals surface area contributed by atoms with Crippen LogP contribution < -0.4 is 10.2 Å². The second-order valence-corrected chi connectivity index (χ2v) is 9.87. The molecular weight excluding hydrogens is 500 g/mol. The Morgan fingerprint density at radius 1 is 1.16 bits per heavy atom. The number of nitrogens with one attached hydrogen (secondary N) is 2. The summed E-state index contributed by atoms with van der Waals surface area (Å²) in [5.41, 5.74) is -0.307. The number of aromatic amines is 1. The number of rotatable bonds is 6. The maximum absolute atomic E-state index is 14.7. The van der Waals surface area contributed by atoms with Crippen LogP contribution in [-0.2, 0) is 6.18 Å². The molecule has 1 saturated carbocycles. The number of aromatic nitrogens is 5. The SMILES string of the molecule is CC(Nc1ncc(C#N)c(-c2c[nH]c3ncc(C(F)(F)F)cc23)n1)c1ccc(N2CC(F)(C3CC3)C2)nc1. The van der Waals surface area contributed by atoms with Gasteiger partial charge in [-0.3, -0.25) is 0 Å². The Hall–Kier alpha value is -4.27. The Bertz CT molecular complexity index is 1550. The van der Waals surface area contributed by atoms with Crippen molar-refractivity contribution in [3.63, 3.8) is 0 Å². The van der Waals surface area contributed by atoms with E-state index in [0.717, 1.165) is 36.5 Å². The van der Waals surface area contributed by atoms with Crippen LogP contribution in [0, 0.1) is 17.2 Å². The third-order valence-electron chi connectivity index (χ3n) is 7.18. The Kier molecular flexibility index (Phi) is 5.48. The number of alkyl halides is 4. The van der Waals surface area contributed by atoms with Gasteiger partial charge in [0.1, 0.15) is 23.2 Å². The molecule has 8 nitrogen and oxygen atoms in total. The van der Waals surface area contributed by atoms with Crippen LogP contribution in [0.1, 0.15) is 42.5 Å². The van der Waals surface area contributed by atoms with E-state index in [1.807, 2.05) is 30.0 Å². The van der Waals surface area contributed by atoms with Crippen LogP contribution in [0.3, 0.4) is 0 Å². The largest absolute Gasteiger partial charge is 0.417 e. The van der Waals surface area contributed by atoms with Gasteiger partial charge in [0.05, 0.1) is 42.1 Å². The average molecular weight is 523 g/mol. The third-order valence-corrected chi connectivity index (χ3v) is 7.18. The minimum atomic E-state index is -4.56. The summed E-state index contributed by atoms with van der Waals surface area (Å²) in [6, 6.07) is 6.45. The van der Waals surface area contributed by atoms with Gasteiger partial charge in [-0.25, -0.2) is 24.3 Å². The molecule has 1 saturated heterocycles. The van der Waals surface area contributed by atoms with E-state index in [1.165, 1.54) is 12.4 Å². The molecule has 2 aliphatic rings. The van der Waals surface area contributed by atoms with Crippen LogP contribution in [0.5, 0.6) is 0 Å². The zero-order valence-electron chi connectivity index (χ0n) is 20.2. The van der Waals surface area contributed by atoms with Gasteiger partial charge in [0.15, 0.2) is 0 Å². The third kappa shape index (κ3) is 4.27. The minimum Gasteiger partial charge on any atom is -0.350 e. The summed E-state index contributed by atoms with van der Waals surface area (Å²) in [5, 5.41) is 12.9. The van der Waals surface area contributed by atoms with Crippen molar-refractivity contribution >= 4 is 22.8 Å². The Morgan fingerprint density at radius 2 is 1.95 bits per heavy atom. The maximum Gasteiger partial charge on any atom is 0.417 e. The number of anilines is 2. The van der Waals surface area contributed by atoms with Crippen molar-refractivity contribution in [1.82, 2.24) is 24.9 Å². The molecule has 0 aromatic carbocycles. The monoisotopic (exact) mass is 522 g/mol. The lowest BCUT2D eigenvalue weighted by molar-refractivity contribution is -0.137. The molecular formula is C26H22F4N8. The first-order valence-corrected chi connectivity index (χ1v) is 12.1. The van der Waals surface area contributed by atoms with Crippen LogP contribution in [0.25, 0.3) is 22.3 Å². The van der Waals surface area contributed by atoms with Gasteiger partial charge in [0.2, 0.25) is 5.95 Å². The second kappa shape index (κ2) is 8.65. The summed E-state index contributed by atoms with van der Waals surface area (Å²) < 4.78 is 54.5. The van der Waals surface area contributed by atoms with Gasteiger partial charge in [-0.1, -0.05) is 6.07 Å². The standard InChI is InChI=1S/C26H22F4N8/c1-14(15-2-5-21(32-8-15)38-12-25(27,13-38)17-3-4-17)36-24-35-9-16(7-31)22(37-24)20-11-34-23-19(20)6-18(10-33-23)26(28,29)30/h2,5-6,8-11,14,17H,3-4,12-13H2,1H3,(H,33,34)(H,35,36,37). The number of hydrogen-bond donors (Lipinski definition) is 2. The van der Waals surface area contributed by atoms with E-state index in [2.05, 4.69) is 30.2 Å². The summed E-state index contributed by atoms with van der Waals surface area (Å²) in [6.07, 6.45) is 2.62. The molecule has 38 heavy (non-hydrogen) atoms. The summed E-state index contributed by atoms with van der Waals surface area (Å²) in [7, 11) is 0. The number of nitriles is 1. The van der Waals surface area contributed by atoms with Crippen molar-refractivity contribution in [2.45, 2.75) is 37.7 Å². The molecule has 194 valence electrons. The van der Waals surface area contributed by atoms with Crippen molar-refractivity contribution in [3.05, 3.63) is 59.7 Å². The predicted molar refractivity (Wildman–Crippen MR) is 132 cm³/mol. The molecule has 0 spiro atoms. The van der Waals surface area contributed by atoms with E-state index in [-0.39, 0.29) is 40.2 Å². The fraction of sp³-hybridized carbons (Fsp3) is 0.346. The molecule has 0 radical (unpaired) electrons. The number of fused-ring (bicyclic) bond motifs is 1. The molecule has 2 N–H and O–H groups in total. The second-order valence-electron chi connectivity index (χ2n) is 9.87. The van der Waals surface area contributed by atoms with Crippen molar-refractivity contribution in [2.24, 2.45) is 5.92 Å². The Labute approximate surface area is 214 Å². The van der Waals surface area contributed by atoms with Crippen LogP contribution in [-0.4, -0.2) is 43.7 Å². The van der Waals surface area contributed by atoms with Crippen molar-refractivity contribution < 1.29 is 17.6 Å². The lowest BCUT2D eigenvalue weighted by atomic mass is 9.91. The van der Waals surface area contributed by atoms with Crippen LogP contribution in [0.4, 0.5) is 29.3 Å². The van der Waals surface area contributed by atoms with Gasteiger partial charge in [-0.15, -0.1) is 0 Å².